The van der Waals surface area contributed by atoms with Crippen LogP contribution in [-0.4, -0.2) is 20.4 Å². The van der Waals surface area contributed by atoms with E-state index in [1.54, 1.807) is 26.0 Å². The van der Waals surface area contributed by atoms with Gasteiger partial charge in [-0.3, -0.25) is 0 Å². The van der Waals surface area contributed by atoms with Crippen molar-refractivity contribution in [3.05, 3.63) is 35.4 Å². The summed E-state index contributed by atoms with van der Waals surface area (Å²) in [5.41, 5.74) is 1.57. The van der Waals surface area contributed by atoms with Crippen molar-refractivity contribution >= 4 is 11.8 Å². The lowest BCUT2D eigenvalue weighted by Gasteiger charge is -2.10. The maximum absolute atomic E-state index is 9.80. The Labute approximate surface area is 115 Å². The number of rotatable bonds is 2. The number of aromatic hydroxyl groups is 4. The lowest BCUT2D eigenvalue weighted by molar-refractivity contribution is 0.392. The Morgan fingerprint density at radius 1 is 0.684 bits per heavy atom. The molecule has 0 bridgehead atoms. The van der Waals surface area contributed by atoms with Crippen molar-refractivity contribution in [3.63, 3.8) is 0 Å². The average molecular weight is 278 g/mol. The van der Waals surface area contributed by atoms with Crippen LogP contribution in [0.15, 0.2) is 34.1 Å². The van der Waals surface area contributed by atoms with Crippen LogP contribution in [0.4, 0.5) is 0 Å². The van der Waals surface area contributed by atoms with Crippen molar-refractivity contribution in [3.8, 4) is 23.0 Å². The molecule has 5 heteroatoms. The summed E-state index contributed by atoms with van der Waals surface area (Å²) in [5.74, 6) is -0.898. The van der Waals surface area contributed by atoms with Gasteiger partial charge in [-0.1, -0.05) is 11.8 Å². The zero-order valence-electron chi connectivity index (χ0n) is 10.5. The third-order valence-electron chi connectivity index (χ3n) is 2.62. The number of benzene rings is 2. The predicted octanol–water partition coefficient (Wildman–Crippen LogP) is 3.28. The fourth-order valence-corrected chi connectivity index (χ4v) is 2.86. The molecule has 0 aliphatic carbocycles. The lowest BCUT2D eigenvalue weighted by atomic mass is 10.2. The van der Waals surface area contributed by atoms with Crippen LogP contribution in [0.25, 0.3) is 0 Å². The normalized spacial score (nSPS) is 10.6. The van der Waals surface area contributed by atoms with Gasteiger partial charge in [0, 0.05) is 0 Å². The van der Waals surface area contributed by atoms with Crippen molar-refractivity contribution in [1.82, 2.24) is 0 Å². The Hall–Kier alpha value is -2.01. The molecule has 0 spiro atoms. The van der Waals surface area contributed by atoms with E-state index in [1.807, 2.05) is 0 Å². The minimum Gasteiger partial charge on any atom is -0.504 e. The maximum Gasteiger partial charge on any atom is 0.171 e. The van der Waals surface area contributed by atoms with Gasteiger partial charge in [0.05, 0.1) is 9.79 Å². The summed E-state index contributed by atoms with van der Waals surface area (Å²) in [6, 6.07) is 6.29. The summed E-state index contributed by atoms with van der Waals surface area (Å²) in [5, 5.41) is 38.7. The van der Waals surface area contributed by atoms with Crippen LogP contribution in [0.1, 0.15) is 11.1 Å². The Morgan fingerprint density at radius 3 is 1.42 bits per heavy atom. The van der Waals surface area contributed by atoms with Crippen molar-refractivity contribution in [1.29, 1.82) is 0 Å². The first kappa shape index (κ1) is 13.4. The molecular weight excluding hydrogens is 264 g/mol. The summed E-state index contributed by atoms with van der Waals surface area (Å²) in [6.45, 7) is 3.58. The molecule has 0 saturated carbocycles. The molecule has 0 aliphatic rings. The van der Waals surface area contributed by atoms with Gasteiger partial charge >= 0.3 is 0 Å². The molecule has 0 radical (unpaired) electrons. The summed E-state index contributed by atoms with van der Waals surface area (Å²) in [6.07, 6.45) is 0. The molecule has 2 aromatic rings. The molecule has 2 aromatic carbocycles. The second kappa shape index (κ2) is 4.93. The molecule has 19 heavy (non-hydrogen) atoms. The van der Waals surface area contributed by atoms with Gasteiger partial charge in [-0.25, -0.2) is 0 Å². The molecule has 0 aromatic heterocycles. The Morgan fingerprint density at radius 2 is 1.05 bits per heavy atom. The highest BCUT2D eigenvalue weighted by atomic mass is 32.2. The van der Waals surface area contributed by atoms with Crippen LogP contribution in [0.5, 0.6) is 23.0 Å². The van der Waals surface area contributed by atoms with Crippen LogP contribution >= 0.6 is 11.8 Å². The minimum absolute atomic E-state index is 0.209. The molecular formula is C14H14O4S. The van der Waals surface area contributed by atoms with Crippen molar-refractivity contribution in [2.24, 2.45) is 0 Å². The second-order valence-corrected chi connectivity index (χ2v) is 5.45. The SMILES string of the molecule is Cc1cc(O)c(O)c(Sc2cc(C)cc(O)c2O)c1. The van der Waals surface area contributed by atoms with Crippen LogP contribution in [0, 0.1) is 13.8 Å². The van der Waals surface area contributed by atoms with E-state index in [0.29, 0.717) is 9.79 Å². The standard InChI is InChI=1S/C14H14O4S/c1-7-3-9(15)13(17)11(5-7)19-12-6-8(2)4-10(16)14(12)18/h3-6,15-18H,1-2H3. The quantitative estimate of drug-likeness (QED) is 0.634. The lowest BCUT2D eigenvalue weighted by Crippen LogP contribution is -1.83. The highest BCUT2D eigenvalue weighted by molar-refractivity contribution is 7.99. The van der Waals surface area contributed by atoms with Gasteiger partial charge in [-0.2, -0.15) is 0 Å². The summed E-state index contributed by atoms with van der Waals surface area (Å²) in [4.78, 5) is 0.829. The molecule has 100 valence electrons. The zero-order valence-corrected chi connectivity index (χ0v) is 11.3. The first-order valence-corrected chi connectivity index (χ1v) is 6.43. The third kappa shape index (κ3) is 2.71. The van der Waals surface area contributed by atoms with Gasteiger partial charge in [0.15, 0.2) is 23.0 Å². The number of phenolic OH excluding ortho intramolecular Hbond substituents is 4. The summed E-state index contributed by atoms with van der Waals surface area (Å²) >= 11 is 1.08. The van der Waals surface area contributed by atoms with E-state index in [2.05, 4.69) is 0 Å². The van der Waals surface area contributed by atoms with Gasteiger partial charge in [-0.15, -0.1) is 0 Å². The minimum atomic E-state index is -0.240. The van der Waals surface area contributed by atoms with Crippen molar-refractivity contribution in [2.75, 3.05) is 0 Å². The molecule has 0 aliphatic heterocycles. The average Bonchev–Trinajstić information content (AvgIpc) is 2.31. The zero-order chi connectivity index (χ0) is 14.2. The van der Waals surface area contributed by atoms with E-state index in [-0.39, 0.29) is 23.0 Å². The fourth-order valence-electron chi connectivity index (χ4n) is 1.73. The van der Waals surface area contributed by atoms with E-state index in [0.717, 1.165) is 22.9 Å². The van der Waals surface area contributed by atoms with Crippen LogP contribution in [-0.2, 0) is 0 Å². The van der Waals surface area contributed by atoms with Crippen LogP contribution in [0.3, 0.4) is 0 Å². The highest BCUT2D eigenvalue weighted by Crippen LogP contribution is 2.45. The third-order valence-corrected chi connectivity index (χ3v) is 3.68. The van der Waals surface area contributed by atoms with E-state index in [4.69, 9.17) is 0 Å². The molecule has 0 unspecified atom stereocenters. The van der Waals surface area contributed by atoms with E-state index < -0.39 is 0 Å². The molecule has 4 N–H and O–H groups in total. The number of hydrogen-bond donors (Lipinski definition) is 4. The van der Waals surface area contributed by atoms with Crippen molar-refractivity contribution < 1.29 is 20.4 Å². The second-order valence-electron chi connectivity index (χ2n) is 4.36. The molecule has 0 heterocycles. The van der Waals surface area contributed by atoms with E-state index in [9.17, 15) is 20.4 Å². The van der Waals surface area contributed by atoms with Gasteiger partial charge in [0.2, 0.25) is 0 Å². The monoisotopic (exact) mass is 278 g/mol. The van der Waals surface area contributed by atoms with E-state index >= 15 is 0 Å². The largest absolute Gasteiger partial charge is 0.504 e. The van der Waals surface area contributed by atoms with Gasteiger partial charge in [0.25, 0.3) is 0 Å². The van der Waals surface area contributed by atoms with Gasteiger partial charge in [-0.05, 0) is 49.2 Å². The molecule has 0 saturated heterocycles. The van der Waals surface area contributed by atoms with Crippen LogP contribution < -0.4 is 0 Å². The van der Waals surface area contributed by atoms with Crippen LogP contribution in [0.2, 0.25) is 0 Å². The number of aryl methyl sites for hydroxylation is 2. The molecule has 0 fully saturated rings. The Bertz CT molecular complexity index is 582. The topological polar surface area (TPSA) is 80.9 Å². The maximum atomic E-state index is 9.80. The molecule has 0 atom stereocenters. The van der Waals surface area contributed by atoms with E-state index in [1.165, 1.54) is 12.1 Å². The summed E-state index contributed by atoms with van der Waals surface area (Å²) in [7, 11) is 0. The van der Waals surface area contributed by atoms with Gasteiger partial charge < -0.3 is 20.4 Å². The first-order valence-electron chi connectivity index (χ1n) is 5.61. The molecule has 0 amide bonds. The molecule has 4 nitrogen and oxygen atoms in total. The number of hydrogen-bond acceptors (Lipinski definition) is 5. The first-order chi connectivity index (χ1) is 8.88. The van der Waals surface area contributed by atoms with Gasteiger partial charge in [0.1, 0.15) is 0 Å². The fraction of sp³-hybridized carbons (Fsp3) is 0.143. The highest BCUT2D eigenvalue weighted by Gasteiger charge is 2.14. The molecule has 2 rings (SSSR count). The van der Waals surface area contributed by atoms with Crippen molar-refractivity contribution in [2.45, 2.75) is 23.6 Å². The Balaban J connectivity index is 2.47. The smallest absolute Gasteiger partial charge is 0.171 e. The summed E-state index contributed by atoms with van der Waals surface area (Å²) < 4.78 is 0. The number of phenols is 4. The Kier molecular flexibility index (Phi) is 3.48. The predicted molar refractivity (Wildman–Crippen MR) is 73.1 cm³/mol.